The van der Waals surface area contributed by atoms with Crippen molar-refractivity contribution in [3.8, 4) is 0 Å². The van der Waals surface area contributed by atoms with E-state index >= 15 is 0 Å². The summed E-state index contributed by atoms with van der Waals surface area (Å²) in [5.74, 6) is 0.877. The van der Waals surface area contributed by atoms with E-state index < -0.39 is 0 Å². The fourth-order valence-corrected chi connectivity index (χ4v) is 1.64. The Kier molecular flexibility index (Phi) is 3.34. The third-order valence-corrected chi connectivity index (χ3v) is 2.77. The van der Waals surface area contributed by atoms with E-state index in [4.69, 9.17) is 0 Å². The second kappa shape index (κ2) is 4.07. The van der Waals surface area contributed by atoms with Gasteiger partial charge in [0, 0.05) is 6.04 Å². The van der Waals surface area contributed by atoms with Gasteiger partial charge in [0.2, 0.25) is 0 Å². The molecule has 2 N–H and O–H groups in total. The number of hydrogen-bond donors (Lipinski definition) is 2. The molecule has 0 spiro atoms. The summed E-state index contributed by atoms with van der Waals surface area (Å²) in [5, 5.41) is 12.5. The molecule has 1 aliphatic carbocycles. The van der Waals surface area contributed by atoms with E-state index in [1.807, 2.05) is 14.0 Å². The topological polar surface area (TPSA) is 32.3 Å². The van der Waals surface area contributed by atoms with E-state index in [2.05, 4.69) is 5.32 Å². The monoisotopic (exact) mass is 157 g/mol. The molecule has 0 aromatic heterocycles. The van der Waals surface area contributed by atoms with Gasteiger partial charge >= 0.3 is 0 Å². The molecule has 2 atom stereocenters. The van der Waals surface area contributed by atoms with E-state index in [-0.39, 0.29) is 6.10 Å². The third-order valence-electron chi connectivity index (χ3n) is 2.77. The van der Waals surface area contributed by atoms with Crippen molar-refractivity contribution in [3.05, 3.63) is 0 Å². The maximum atomic E-state index is 9.32. The van der Waals surface area contributed by atoms with Crippen molar-refractivity contribution in [2.75, 3.05) is 7.05 Å². The maximum absolute atomic E-state index is 9.32. The van der Waals surface area contributed by atoms with Gasteiger partial charge in [0.15, 0.2) is 0 Å². The van der Waals surface area contributed by atoms with Crippen LogP contribution in [0.1, 0.15) is 32.6 Å². The van der Waals surface area contributed by atoms with Crippen molar-refractivity contribution in [1.82, 2.24) is 5.32 Å². The lowest BCUT2D eigenvalue weighted by Crippen LogP contribution is -2.38. The van der Waals surface area contributed by atoms with Crippen LogP contribution < -0.4 is 5.32 Å². The molecule has 1 aliphatic rings. The van der Waals surface area contributed by atoms with Crippen LogP contribution in [0.4, 0.5) is 0 Å². The Balaban J connectivity index is 2.19. The van der Waals surface area contributed by atoms with Crippen LogP contribution in [0.2, 0.25) is 0 Å². The first kappa shape index (κ1) is 9.01. The maximum Gasteiger partial charge on any atom is 0.0665 e. The van der Waals surface area contributed by atoms with Crippen molar-refractivity contribution >= 4 is 0 Å². The fourth-order valence-electron chi connectivity index (χ4n) is 1.64. The van der Waals surface area contributed by atoms with E-state index in [1.165, 1.54) is 19.3 Å². The van der Waals surface area contributed by atoms with Gasteiger partial charge in [-0.3, -0.25) is 0 Å². The third kappa shape index (κ3) is 2.46. The Labute approximate surface area is 69.0 Å². The molecule has 0 amide bonds. The van der Waals surface area contributed by atoms with Crippen LogP contribution in [0, 0.1) is 5.92 Å². The predicted octanol–water partition coefficient (Wildman–Crippen LogP) is 1.15. The molecule has 0 radical (unpaired) electrons. The number of aliphatic hydroxyl groups excluding tert-OH is 1. The summed E-state index contributed by atoms with van der Waals surface area (Å²) in [6, 6.07) is 0.306. The zero-order valence-corrected chi connectivity index (χ0v) is 7.51. The molecule has 1 rings (SSSR count). The molecule has 0 bridgehead atoms. The standard InChI is InChI=1S/C9H19NO/c1-7(11)9(10-2)6-8-4-3-5-8/h7-11H,3-6H2,1-2H3/t7?,9-/m0/s1. The van der Waals surface area contributed by atoms with E-state index in [9.17, 15) is 5.11 Å². The highest BCUT2D eigenvalue weighted by Gasteiger charge is 2.23. The lowest BCUT2D eigenvalue weighted by Gasteiger charge is -2.30. The Morgan fingerprint density at radius 1 is 1.55 bits per heavy atom. The average Bonchev–Trinajstić information content (AvgIpc) is 1.85. The summed E-state index contributed by atoms with van der Waals surface area (Å²) in [5.41, 5.74) is 0. The average molecular weight is 157 g/mol. The van der Waals surface area contributed by atoms with Crippen LogP contribution in [0.15, 0.2) is 0 Å². The molecule has 0 aromatic rings. The van der Waals surface area contributed by atoms with Gasteiger partial charge in [-0.25, -0.2) is 0 Å². The molecule has 0 aliphatic heterocycles. The van der Waals surface area contributed by atoms with Crippen LogP contribution in [-0.4, -0.2) is 24.3 Å². The number of rotatable bonds is 4. The highest BCUT2D eigenvalue weighted by Crippen LogP contribution is 2.30. The molecule has 1 fully saturated rings. The second-order valence-electron chi connectivity index (χ2n) is 3.67. The lowest BCUT2D eigenvalue weighted by atomic mass is 9.80. The molecule has 0 heterocycles. The molecule has 0 saturated heterocycles. The van der Waals surface area contributed by atoms with Crippen molar-refractivity contribution in [3.63, 3.8) is 0 Å². The van der Waals surface area contributed by atoms with Gasteiger partial charge < -0.3 is 10.4 Å². The van der Waals surface area contributed by atoms with Gasteiger partial charge in [0.1, 0.15) is 0 Å². The van der Waals surface area contributed by atoms with Crippen LogP contribution in [0.25, 0.3) is 0 Å². The van der Waals surface area contributed by atoms with Gasteiger partial charge in [-0.2, -0.15) is 0 Å². The highest BCUT2D eigenvalue weighted by molar-refractivity contribution is 4.79. The van der Waals surface area contributed by atoms with Gasteiger partial charge in [0.25, 0.3) is 0 Å². The largest absolute Gasteiger partial charge is 0.392 e. The first-order chi connectivity index (χ1) is 5.24. The van der Waals surface area contributed by atoms with Crippen LogP contribution >= 0.6 is 0 Å². The quantitative estimate of drug-likeness (QED) is 0.641. The summed E-state index contributed by atoms with van der Waals surface area (Å²) in [6.45, 7) is 1.86. The number of nitrogens with one attached hydrogen (secondary N) is 1. The van der Waals surface area contributed by atoms with Gasteiger partial charge in [0.05, 0.1) is 6.10 Å². The minimum absolute atomic E-state index is 0.208. The smallest absolute Gasteiger partial charge is 0.0665 e. The molecular formula is C9H19NO. The lowest BCUT2D eigenvalue weighted by molar-refractivity contribution is 0.121. The number of likely N-dealkylation sites (N-methyl/N-ethyl adjacent to an activating group) is 1. The normalized spacial score (nSPS) is 24.3. The predicted molar refractivity (Wildman–Crippen MR) is 46.5 cm³/mol. The van der Waals surface area contributed by atoms with Gasteiger partial charge in [-0.1, -0.05) is 19.3 Å². The molecule has 11 heavy (non-hydrogen) atoms. The Hall–Kier alpha value is -0.0800. The van der Waals surface area contributed by atoms with Crippen molar-refractivity contribution in [1.29, 1.82) is 0 Å². The van der Waals surface area contributed by atoms with E-state index in [1.54, 1.807) is 0 Å². The van der Waals surface area contributed by atoms with Gasteiger partial charge in [-0.05, 0) is 26.3 Å². The summed E-state index contributed by atoms with van der Waals surface area (Å²) in [6.07, 6.45) is 5.06. The molecule has 1 unspecified atom stereocenters. The second-order valence-corrected chi connectivity index (χ2v) is 3.67. The molecule has 2 nitrogen and oxygen atoms in total. The molecule has 0 aromatic carbocycles. The number of hydrogen-bond acceptors (Lipinski definition) is 2. The zero-order valence-electron chi connectivity index (χ0n) is 7.51. The summed E-state index contributed by atoms with van der Waals surface area (Å²) >= 11 is 0. The van der Waals surface area contributed by atoms with Crippen molar-refractivity contribution in [2.45, 2.75) is 44.8 Å². The van der Waals surface area contributed by atoms with Crippen LogP contribution in [-0.2, 0) is 0 Å². The Morgan fingerprint density at radius 3 is 2.45 bits per heavy atom. The fraction of sp³-hybridized carbons (Fsp3) is 1.00. The number of aliphatic hydroxyl groups is 1. The minimum atomic E-state index is -0.208. The van der Waals surface area contributed by atoms with Crippen molar-refractivity contribution < 1.29 is 5.11 Å². The van der Waals surface area contributed by atoms with Gasteiger partial charge in [-0.15, -0.1) is 0 Å². The molecule has 66 valence electrons. The summed E-state index contributed by atoms with van der Waals surface area (Å²) in [4.78, 5) is 0. The molecule has 1 saturated carbocycles. The molecule has 2 heteroatoms. The summed E-state index contributed by atoms with van der Waals surface area (Å²) in [7, 11) is 1.93. The Bertz CT molecular complexity index is 110. The van der Waals surface area contributed by atoms with Crippen LogP contribution in [0.5, 0.6) is 0 Å². The zero-order chi connectivity index (χ0) is 8.27. The Morgan fingerprint density at radius 2 is 2.18 bits per heavy atom. The summed E-state index contributed by atoms with van der Waals surface area (Å²) < 4.78 is 0. The highest BCUT2D eigenvalue weighted by atomic mass is 16.3. The molecular weight excluding hydrogens is 138 g/mol. The first-order valence-corrected chi connectivity index (χ1v) is 4.59. The van der Waals surface area contributed by atoms with E-state index in [0.29, 0.717) is 6.04 Å². The first-order valence-electron chi connectivity index (χ1n) is 4.59. The minimum Gasteiger partial charge on any atom is -0.392 e. The SMILES string of the molecule is CN[C@@H](CC1CCC1)C(C)O. The van der Waals surface area contributed by atoms with E-state index in [0.717, 1.165) is 12.3 Å². The van der Waals surface area contributed by atoms with Crippen LogP contribution in [0.3, 0.4) is 0 Å². The van der Waals surface area contributed by atoms with Crippen molar-refractivity contribution in [2.24, 2.45) is 5.92 Å².